The number of nitrogens with zero attached hydrogens (tertiary/aromatic N) is 1. The van der Waals surface area contributed by atoms with Gasteiger partial charge in [-0.15, -0.1) is 0 Å². The van der Waals surface area contributed by atoms with Crippen LogP contribution in [-0.4, -0.2) is 6.85 Å². The Hall–Kier alpha value is -1.70. The van der Waals surface area contributed by atoms with Crippen LogP contribution in [0.2, 0.25) is 0 Å². The van der Waals surface area contributed by atoms with Gasteiger partial charge in [0, 0.05) is 5.69 Å². The SMILES string of the molecule is CC1=CB2C=CC=CN2c2ccccc21. The Morgan fingerprint density at radius 1 is 1.13 bits per heavy atom. The first kappa shape index (κ1) is 8.60. The third kappa shape index (κ3) is 1.25. The largest absolute Gasteiger partial charge is 0.383 e. The first-order chi connectivity index (χ1) is 7.36. The molecule has 1 nitrogen and oxygen atoms in total. The molecule has 0 aromatic heterocycles. The summed E-state index contributed by atoms with van der Waals surface area (Å²) in [6, 6.07) is 8.56. The second kappa shape index (κ2) is 3.16. The van der Waals surface area contributed by atoms with Crippen molar-refractivity contribution in [1.29, 1.82) is 0 Å². The molecule has 72 valence electrons. The van der Waals surface area contributed by atoms with E-state index < -0.39 is 0 Å². The van der Waals surface area contributed by atoms with E-state index in [2.05, 4.69) is 66.3 Å². The number of anilines is 1. The molecule has 1 aromatic carbocycles. The molecule has 15 heavy (non-hydrogen) atoms. The summed E-state index contributed by atoms with van der Waals surface area (Å²) in [5, 5.41) is 0. The van der Waals surface area contributed by atoms with Gasteiger partial charge >= 0.3 is 6.85 Å². The van der Waals surface area contributed by atoms with Crippen LogP contribution < -0.4 is 4.81 Å². The maximum atomic E-state index is 2.31. The summed E-state index contributed by atoms with van der Waals surface area (Å²) in [6.07, 6.45) is 6.34. The highest BCUT2D eigenvalue weighted by atomic mass is 15.1. The molecule has 0 fully saturated rings. The van der Waals surface area contributed by atoms with Crippen LogP contribution in [0.1, 0.15) is 12.5 Å². The average Bonchev–Trinajstić information content (AvgIpc) is 2.30. The van der Waals surface area contributed by atoms with Crippen molar-refractivity contribution in [2.45, 2.75) is 6.92 Å². The van der Waals surface area contributed by atoms with Gasteiger partial charge in [0.15, 0.2) is 0 Å². The fraction of sp³-hybridized carbons (Fsp3) is 0.0769. The van der Waals surface area contributed by atoms with Gasteiger partial charge in [-0.1, -0.05) is 41.8 Å². The van der Waals surface area contributed by atoms with Gasteiger partial charge in [0.1, 0.15) is 0 Å². The van der Waals surface area contributed by atoms with Gasteiger partial charge < -0.3 is 4.81 Å². The molecule has 3 rings (SSSR count). The molecule has 0 unspecified atom stereocenters. The number of allylic oxidation sites excluding steroid dienone is 3. The van der Waals surface area contributed by atoms with Gasteiger partial charge in [0.25, 0.3) is 0 Å². The van der Waals surface area contributed by atoms with Crippen LogP contribution in [0.3, 0.4) is 0 Å². The third-order valence-electron chi connectivity index (χ3n) is 3.02. The van der Waals surface area contributed by atoms with Crippen molar-refractivity contribution >= 4 is 18.1 Å². The van der Waals surface area contributed by atoms with Crippen molar-refractivity contribution in [1.82, 2.24) is 0 Å². The van der Waals surface area contributed by atoms with Gasteiger partial charge in [-0.3, -0.25) is 0 Å². The predicted molar refractivity (Wildman–Crippen MR) is 66.6 cm³/mol. The lowest BCUT2D eigenvalue weighted by Crippen LogP contribution is -2.36. The van der Waals surface area contributed by atoms with Crippen LogP contribution in [0.25, 0.3) is 5.57 Å². The molecule has 2 aliphatic rings. The summed E-state index contributed by atoms with van der Waals surface area (Å²) in [5.41, 5.74) is 4.02. The summed E-state index contributed by atoms with van der Waals surface area (Å²) in [5.74, 6) is 4.53. The van der Waals surface area contributed by atoms with Crippen molar-refractivity contribution < 1.29 is 0 Å². The molecule has 0 amide bonds. The molecule has 0 bridgehead atoms. The summed E-state index contributed by atoms with van der Waals surface area (Å²) in [7, 11) is 0. The molecule has 0 saturated heterocycles. The zero-order valence-electron chi connectivity index (χ0n) is 8.72. The van der Waals surface area contributed by atoms with E-state index in [0.717, 1.165) is 0 Å². The molecular weight excluding hydrogens is 181 g/mol. The number of fused-ring (bicyclic) bond motifs is 3. The Morgan fingerprint density at radius 2 is 2.00 bits per heavy atom. The van der Waals surface area contributed by atoms with Gasteiger partial charge in [0.05, 0.1) is 0 Å². The molecule has 1 aromatic rings. The second-order valence-electron chi connectivity index (χ2n) is 3.99. The van der Waals surface area contributed by atoms with Crippen molar-refractivity contribution in [3.05, 3.63) is 60.1 Å². The molecule has 0 radical (unpaired) electrons. The fourth-order valence-corrected chi connectivity index (χ4v) is 2.27. The van der Waals surface area contributed by atoms with Crippen LogP contribution in [0.4, 0.5) is 5.69 Å². The predicted octanol–water partition coefficient (Wildman–Crippen LogP) is 3.06. The highest BCUT2D eigenvalue weighted by molar-refractivity contribution is 6.75. The molecule has 0 spiro atoms. The van der Waals surface area contributed by atoms with Crippen molar-refractivity contribution in [2.24, 2.45) is 0 Å². The first-order valence-electron chi connectivity index (χ1n) is 5.27. The Bertz CT molecular complexity index is 485. The Balaban J connectivity index is 2.20. The molecule has 2 heteroatoms. The fourth-order valence-electron chi connectivity index (χ4n) is 2.27. The van der Waals surface area contributed by atoms with E-state index in [1.54, 1.807) is 0 Å². The average molecular weight is 193 g/mol. The minimum Gasteiger partial charge on any atom is -0.383 e. The van der Waals surface area contributed by atoms with Crippen LogP contribution in [0, 0.1) is 0 Å². The highest BCUT2D eigenvalue weighted by Crippen LogP contribution is 2.33. The molecule has 0 saturated carbocycles. The maximum absolute atomic E-state index is 2.31. The molecule has 0 aliphatic carbocycles. The van der Waals surface area contributed by atoms with E-state index in [4.69, 9.17) is 0 Å². The normalized spacial score (nSPS) is 17.3. The van der Waals surface area contributed by atoms with E-state index in [1.165, 1.54) is 16.8 Å². The van der Waals surface area contributed by atoms with Crippen LogP contribution in [0.15, 0.2) is 54.6 Å². The maximum Gasteiger partial charge on any atom is 0.312 e. The lowest BCUT2D eigenvalue weighted by molar-refractivity contribution is 1.34. The third-order valence-corrected chi connectivity index (χ3v) is 3.02. The molecule has 2 heterocycles. The summed E-state index contributed by atoms with van der Waals surface area (Å²) < 4.78 is 0. The number of hydrogen-bond acceptors (Lipinski definition) is 1. The molecule has 0 atom stereocenters. The second-order valence-corrected chi connectivity index (χ2v) is 3.99. The number of benzene rings is 1. The van der Waals surface area contributed by atoms with Crippen molar-refractivity contribution in [3.8, 4) is 0 Å². The van der Waals surface area contributed by atoms with Gasteiger partial charge in [-0.25, -0.2) is 0 Å². The quantitative estimate of drug-likeness (QED) is 0.572. The zero-order chi connectivity index (χ0) is 10.3. The Kier molecular flexibility index (Phi) is 1.81. The Morgan fingerprint density at radius 3 is 2.93 bits per heavy atom. The number of hydrogen-bond donors (Lipinski definition) is 0. The molecular formula is C13H12BN. The van der Waals surface area contributed by atoms with Crippen LogP contribution in [-0.2, 0) is 0 Å². The monoisotopic (exact) mass is 193 g/mol. The Labute approximate surface area is 90.5 Å². The molecule has 0 N–H and O–H groups in total. The van der Waals surface area contributed by atoms with E-state index in [1.807, 2.05) is 0 Å². The van der Waals surface area contributed by atoms with Gasteiger partial charge in [0.2, 0.25) is 0 Å². The minimum atomic E-state index is 0.393. The van der Waals surface area contributed by atoms with E-state index in [-0.39, 0.29) is 0 Å². The highest BCUT2D eigenvalue weighted by Gasteiger charge is 2.25. The minimum absolute atomic E-state index is 0.393. The summed E-state index contributed by atoms with van der Waals surface area (Å²) >= 11 is 0. The first-order valence-corrected chi connectivity index (χ1v) is 5.27. The lowest BCUT2D eigenvalue weighted by Gasteiger charge is -2.32. The summed E-state index contributed by atoms with van der Waals surface area (Å²) in [6.45, 7) is 2.58. The standard InChI is InChI=1S/C13H12BN/c1-11-10-14-8-4-5-9-15(14)13-7-3-2-6-12(11)13/h2-10H,1H3. The smallest absolute Gasteiger partial charge is 0.312 e. The van der Waals surface area contributed by atoms with Crippen molar-refractivity contribution in [2.75, 3.05) is 4.81 Å². The lowest BCUT2D eigenvalue weighted by atomic mass is 9.56. The van der Waals surface area contributed by atoms with Crippen LogP contribution >= 0.6 is 0 Å². The van der Waals surface area contributed by atoms with Crippen molar-refractivity contribution in [3.63, 3.8) is 0 Å². The number of rotatable bonds is 0. The van der Waals surface area contributed by atoms with Gasteiger partial charge in [-0.05, 0) is 30.8 Å². The van der Waals surface area contributed by atoms with Crippen LogP contribution in [0.5, 0.6) is 0 Å². The number of para-hydroxylation sites is 1. The molecule has 2 aliphatic heterocycles. The van der Waals surface area contributed by atoms with E-state index in [0.29, 0.717) is 6.85 Å². The zero-order valence-corrected chi connectivity index (χ0v) is 8.72. The van der Waals surface area contributed by atoms with E-state index in [9.17, 15) is 0 Å². The van der Waals surface area contributed by atoms with E-state index >= 15 is 0 Å². The topological polar surface area (TPSA) is 3.24 Å². The van der Waals surface area contributed by atoms with Gasteiger partial charge in [-0.2, -0.15) is 0 Å². The summed E-state index contributed by atoms with van der Waals surface area (Å²) in [4.78, 5) is 2.31.